The third kappa shape index (κ3) is 2.72. The van der Waals surface area contributed by atoms with Crippen molar-refractivity contribution in [3.63, 3.8) is 0 Å². The normalized spacial score (nSPS) is 10.9. The van der Waals surface area contributed by atoms with E-state index in [4.69, 9.17) is 0 Å². The van der Waals surface area contributed by atoms with Crippen LogP contribution in [-0.2, 0) is 0 Å². The monoisotopic (exact) mass is 326 g/mol. The Balaban J connectivity index is 2.00. The van der Waals surface area contributed by atoms with Crippen molar-refractivity contribution in [3.8, 4) is 22.3 Å². The summed E-state index contributed by atoms with van der Waals surface area (Å²) >= 11 is 4.40. The maximum Gasteiger partial charge on any atom is 0.00404 e. The van der Waals surface area contributed by atoms with E-state index in [2.05, 4.69) is 92.3 Å². The molecule has 0 saturated heterocycles. The van der Waals surface area contributed by atoms with Crippen molar-refractivity contribution in [3.05, 3.63) is 90.5 Å². The highest BCUT2D eigenvalue weighted by atomic mass is 32.1. The summed E-state index contributed by atoms with van der Waals surface area (Å²) < 4.78 is 0. The van der Waals surface area contributed by atoms with Crippen molar-refractivity contribution < 1.29 is 0 Å². The van der Waals surface area contributed by atoms with Crippen molar-refractivity contribution >= 4 is 23.4 Å². The molecule has 0 amide bonds. The maximum atomic E-state index is 4.40. The van der Waals surface area contributed by atoms with E-state index in [1.807, 2.05) is 12.1 Å². The number of rotatable bonds is 2. The Hall–Kier alpha value is -2.51. The largest absolute Gasteiger partial charge is 0.143 e. The molecule has 0 unspecified atom stereocenters. The average Bonchev–Trinajstić information content (AvgIpc) is 2.62. The minimum Gasteiger partial charge on any atom is -0.143 e. The van der Waals surface area contributed by atoms with Crippen LogP contribution in [0.2, 0.25) is 0 Å². The van der Waals surface area contributed by atoms with Gasteiger partial charge in [-0.2, -0.15) is 0 Å². The van der Waals surface area contributed by atoms with Crippen LogP contribution in [0.4, 0.5) is 0 Å². The molecule has 4 rings (SSSR count). The van der Waals surface area contributed by atoms with Crippen molar-refractivity contribution in [2.24, 2.45) is 0 Å². The minimum atomic E-state index is 0.986. The van der Waals surface area contributed by atoms with Gasteiger partial charge in [-0.25, -0.2) is 0 Å². The van der Waals surface area contributed by atoms with E-state index >= 15 is 0 Å². The molecule has 0 saturated carbocycles. The van der Waals surface area contributed by atoms with E-state index in [1.165, 1.54) is 38.6 Å². The van der Waals surface area contributed by atoms with Crippen LogP contribution in [-0.4, -0.2) is 0 Å². The number of hydrogen-bond donors (Lipinski definition) is 1. The molecule has 0 bridgehead atoms. The van der Waals surface area contributed by atoms with Crippen LogP contribution in [0.25, 0.3) is 33.0 Å². The maximum absolute atomic E-state index is 4.40. The topological polar surface area (TPSA) is 0 Å². The quantitative estimate of drug-likeness (QED) is 0.386. The fourth-order valence-corrected chi connectivity index (χ4v) is 3.37. The molecule has 0 nitrogen and oxygen atoms in total. The Morgan fingerprint density at radius 2 is 1.21 bits per heavy atom. The van der Waals surface area contributed by atoms with E-state index in [1.54, 1.807) is 0 Å². The lowest BCUT2D eigenvalue weighted by Crippen LogP contribution is -1.87. The SMILES string of the molecule is Cc1ccc2c(-c3ccc(S)cc3)ccc(-c3ccccc3)c2c1. The zero-order valence-corrected chi connectivity index (χ0v) is 14.4. The van der Waals surface area contributed by atoms with Crippen LogP contribution in [0.15, 0.2) is 89.8 Å². The average molecular weight is 326 g/mol. The molecule has 4 aromatic rings. The zero-order chi connectivity index (χ0) is 16.5. The predicted molar refractivity (Wildman–Crippen MR) is 107 cm³/mol. The van der Waals surface area contributed by atoms with Crippen molar-refractivity contribution in [1.29, 1.82) is 0 Å². The summed E-state index contributed by atoms with van der Waals surface area (Å²) in [5, 5.41) is 2.59. The number of hydrogen-bond acceptors (Lipinski definition) is 1. The van der Waals surface area contributed by atoms with E-state index in [0.29, 0.717) is 0 Å². The third-order valence-corrected chi connectivity index (χ3v) is 4.73. The fraction of sp³-hybridized carbons (Fsp3) is 0.0435. The number of thiol groups is 1. The van der Waals surface area contributed by atoms with Gasteiger partial charge >= 0.3 is 0 Å². The standard InChI is InChI=1S/C23H18S/c1-16-7-12-22-20(18-8-10-19(24)11-9-18)13-14-21(23(22)15-16)17-5-3-2-4-6-17/h2-15,24H,1H3. The van der Waals surface area contributed by atoms with Crippen LogP contribution >= 0.6 is 12.6 Å². The van der Waals surface area contributed by atoms with Gasteiger partial charge in [0.05, 0.1) is 0 Å². The molecule has 24 heavy (non-hydrogen) atoms. The molecule has 0 aliphatic heterocycles. The van der Waals surface area contributed by atoms with Crippen LogP contribution in [0, 0.1) is 6.92 Å². The first-order valence-corrected chi connectivity index (χ1v) is 8.55. The number of benzene rings is 4. The molecule has 0 atom stereocenters. The second-order valence-corrected chi connectivity index (χ2v) is 6.64. The van der Waals surface area contributed by atoms with Crippen LogP contribution in [0.1, 0.15) is 5.56 Å². The van der Waals surface area contributed by atoms with Gasteiger partial charge in [-0.3, -0.25) is 0 Å². The third-order valence-electron chi connectivity index (χ3n) is 4.44. The molecular formula is C23H18S. The Bertz CT molecular complexity index is 999. The van der Waals surface area contributed by atoms with Gasteiger partial charge in [0.1, 0.15) is 0 Å². The predicted octanol–water partition coefficient (Wildman–Crippen LogP) is 6.77. The van der Waals surface area contributed by atoms with Gasteiger partial charge in [-0.1, -0.05) is 78.4 Å². The first kappa shape index (κ1) is 15.0. The summed E-state index contributed by atoms with van der Waals surface area (Å²) in [4.78, 5) is 0.986. The molecule has 1 heteroatoms. The molecular weight excluding hydrogens is 308 g/mol. The zero-order valence-electron chi connectivity index (χ0n) is 13.5. The molecule has 0 N–H and O–H groups in total. The molecule has 116 valence electrons. The van der Waals surface area contributed by atoms with Crippen LogP contribution in [0.5, 0.6) is 0 Å². The van der Waals surface area contributed by atoms with Crippen LogP contribution in [0.3, 0.4) is 0 Å². The van der Waals surface area contributed by atoms with E-state index < -0.39 is 0 Å². The molecule has 0 aromatic heterocycles. The first-order valence-electron chi connectivity index (χ1n) is 8.10. The second-order valence-electron chi connectivity index (χ2n) is 6.12. The van der Waals surface area contributed by atoms with Gasteiger partial charge in [0.25, 0.3) is 0 Å². The highest BCUT2D eigenvalue weighted by Crippen LogP contribution is 2.36. The lowest BCUT2D eigenvalue weighted by Gasteiger charge is -2.13. The van der Waals surface area contributed by atoms with Gasteiger partial charge in [0.15, 0.2) is 0 Å². The molecule has 0 aliphatic carbocycles. The molecule has 4 aromatic carbocycles. The Morgan fingerprint density at radius 1 is 0.583 bits per heavy atom. The van der Waals surface area contributed by atoms with Gasteiger partial charge < -0.3 is 0 Å². The summed E-state index contributed by atoms with van der Waals surface area (Å²) in [7, 11) is 0. The molecule has 0 spiro atoms. The van der Waals surface area contributed by atoms with Crippen LogP contribution < -0.4 is 0 Å². The summed E-state index contributed by atoms with van der Waals surface area (Å²) in [6, 6.07) is 30.1. The van der Waals surface area contributed by atoms with E-state index in [9.17, 15) is 0 Å². The second kappa shape index (κ2) is 6.18. The lowest BCUT2D eigenvalue weighted by atomic mass is 9.91. The number of aryl methyl sites for hydroxylation is 1. The number of fused-ring (bicyclic) bond motifs is 1. The van der Waals surface area contributed by atoms with Crippen molar-refractivity contribution in [2.45, 2.75) is 11.8 Å². The first-order chi connectivity index (χ1) is 11.7. The van der Waals surface area contributed by atoms with Crippen molar-refractivity contribution in [2.75, 3.05) is 0 Å². The lowest BCUT2D eigenvalue weighted by molar-refractivity contribution is 1.47. The Kier molecular flexibility index (Phi) is 3.87. The minimum absolute atomic E-state index is 0.986. The van der Waals surface area contributed by atoms with E-state index in [0.717, 1.165) is 4.90 Å². The summed E-state index contributed by atoms with van der Waals surface area (Å²) in [6.45, 7) is 2.15. The highest BCUT2D eigenvalue weighted by Gasteiger charge is 2.09. The van der Waals surface area contributed by atoms with Gasteiger partial charge in [0.2, 0.25) is 0 Å². The summed E-state index contributed by atoms with van der Waals surface area (Å²) in [5.41, 5.74) is 6.30. The Morgan fingerprint density at radius 3 is 1.92 bits per heavy atom. The van der Waals surface area contributed by atoms with E-state index in [-0.39, 0.29) is 0 Å². The molecule has 0 radical (unpaired) electrons. The van der Waals surface area contributed by atoms with Crippen molar-refractivity contribution in [1.82, 2.24) is 0 Å². The smallest absolute Gasteiger partial charge is 0.00404 e. The molecule has 0 aliphatic rings. The highest BCUT2D eigenvalue weighted by molar-refractivity contribution is 7.80. The van der Waals surface area contributed by atoms with Gasteiger partial charge in [-0.05, 0) is 52.1 Å². The van der Waals surface area contributed by atoms with Gasteiger partial charge in [0, 0.05) is 4.90 Å². The molecule has 0 heterocycles. The summed E-state index contributed by atoms with van der Waals surface area (Å²) in [5.74, 6) is 0. The molecule has 0 fully saturated rings. The summed E-state index contributed by atoms with van der Waals surface area (Å²) in [6.07, 6.45) is 0. The fourth-order valence-electron chi connectivity index (χ4n) is 3.22. The Labute approximate surface area is 148 Å². The van der Waals surface area contributed by atoms with Gasteiger partial charge in [-0.15, -0.1) is 12.6 Å².